The molecule has 0 aliphatic heterocycles. The minimum absolute atomic E-state index is 0.288. The van der Waals surface area contributed by atoms with Gasteiger partial charge in [-0.3, -0.25) is 4.98 Å². The summed E-state index contributed by atoms with van der Waals surface area (Å²) in [6.07, 6.45) is 3.05. The highest BCUT2D eigenvalue weighted by Crippen LogP contribution is 2.40. The van der Waals surface area contributed by atoms with E-state index in [9.17, 15) is 4.91 Å². The predicted molar refractivity (Wildman–Crippen MR) is 112 cm³/mol. The molecule has 0 saturated carbocycles. The molecule has 0 amide bonds. The van der Waals surface area contributed by atoms with Crippen LogP contribution in [0.15, 0.2) is 54.0 Å². The zero-order valence-corrected chi connectivity index (χ0v) is 17.1. The monoisotopic (exact) mass is 410 g/mol. The molecule has 3 rings (SSSR count). The van der Waals surface area contributed by atoms with E-state index < -0.39 is 6.04 Å². The van der Waals surface area contributed by atoms with Gasteiger partial charge in [-0.05, 0) is 24.6 Å². The number of hydrogen-bond acceptors (Lipinski definition) is 9. The highest BCUT2D eigenvalue weighted by molar-refractivity contribution is 5.66. The SMILES string of the molecule is COc1cc(Nc2cncc(Oc3cccc(C(C)N=O)c3)n2)cc(OC)c1OC. The van der Waals surface area contributed by atoms with E-state index in [1.54, 1.807) is 64.8 Å². The Morgan fingerprint density at radius 3 is 2.37 bits per heavy atom. The van der Waals surface area contributed by atoms with E-state index in [2.05, 4.69) is 20.5 Å². The Morgan fingerprint density at radius 1 is 1.00 bits per heavy atom. The van der Waals surface area contributed by atoms with Gasteiger partial charge >= 0.3 is 0 Å². The van der Waals surface area contributed by atoms with Crippen LogP contribution in [0.3, 0.4) is 0 Å². The maximum Gasteiger partial charge on any atom is 0.239 e. The topological polar surface area (TPSA) is 104 Å². The van der Waals surface area contributed by atoms with E-state index >= 15 is 0 Å². The number of methoxy groups -OCH3 is 3. The van der Waals surface area contributed by atoms with Crippen LogP contribution in [0.4, 0.5) is 11.5 Å². The number of nitrogens with zero attached hydrogens (tertiary/aromatic N) is 3. The summed E-state index contributed by atoms with van der Waals surface area (Å²) in [6, 6.07) is 10.2. The molecule has 1 unspecified atom stereocenters. The summed E-state index contributed by atoms with van der Waals surface area (Å²) in [5.74, 6) is 2.79. The Labute approximate surface area is 174 Å². The number of ether oxygens (including phenoxy) is 4. The van der Waals surface area contributed by atoms with E-state index in [0.717, 1.165) is 5.56 Å². The lowest BCUT2D eigenvalue weighted by Gasteiger charge is -2.15. The number of nitroso groups, excluding NO2 is 1. The first kappa shape index (κ1) is 20.8. The average Bonchev–Trinajstić information content (AvgIpc) is 2.78. The zero-order valence-electron chi connectivity index (χ0n) is 17.1. The first-order valence-electron chi connectivity index (χ1n) is 9.07. The number of nitrogens with one attached hydrogen (secondary N) is 1. The summed E-state index contributed by atoms with van der Waals surface area (Å²) in [5.41, 5.74) is 1.42. The van der Waals surface area contributed by atoms with Crippen molar-refractivity contribution in [2.45, 2.75) is 13.0 Å². The lowest BCUT2D eigenvalue weighted by atomic mass is 10.1. The van der Waals surface area contributed by atoms with E-state index in [0.29, 0.717) is 34.5 Å². The number of anilines is 2. The number of aromatic nitrogens is 2. The molecular formula is C21H22N4O5. The highest BCUT2D eigenvalue weighted by Gasteiger charge is 2.14. The highest BCUT2D eigenvalue weighted by atomic mass is 16.5. The van der Waals surface area contributed by atoms with Gasteiger partial charge in [0.2, 0.25) is 11.6 Å². The number of hydrogen-bond donors (Lipinski definition) is 1. The molecule has 1 atom stereocenters. The van der Waals surface area contributed by atoms with Gasteiger partial charge in [0.15, 0.2) is 17.3 Å². The van der Waals surface area contributed by atoms with E-state index in [-0.39, 0.29) is 5.88 Å². The van der Waals surface area contributed by atoms with Crippen molar-refractivity contribution in [3.8, 4) is 28.9 Å². The molecule has 9 heteroatoms. The van der Waals surface area contributed by atoms with E-state index in [1.165, 1.54) is 6.20 Å². The van der Waals surface area contributed by atoms with Crippen molar-refractivity contribution >= 4 is 11.5 Å². The van der Waals surface area contributed by atoms with Crippen molar-refractivity contribution in [3.05, 3.63) is 59.3 Å². The molecule has 0 fully saturated rings. The van der Waals surface area contributed by atoms with Crippen molar-refractivity contribution in [3.63, 3.8) is 0 Å². The summed E-state index contributed by atoms with van der Waals surface area (Å²) in [4.78, 5) is 19.4. The molecule has 1 N–H and O–H groups in total. The van der Waals surface area contributed by atoms with Gasteiger partial charge in [0.05, 0.1) is 33.7 Å². The maximum atomic E-state index is 10.8. The smallest absolute Gasteiger partial charge is 0.239 e. The van der Waals surface area contributed by atoms with Crippen LogP contribution in [-0.2, 0) is 0 Å². The van der Waals surface area contributed by atoms with E-state index in [4.69, 9.17) is 18.9 Å². The van der Waals surface area contributed by atoms with Crippen molar-refractivity contribution in [1.29, 1.82) is 0 Å². The molecule has 0 aliphatic carbocycles. The van der Waals surface area contributed by atoms with Gasteiger partial charge in [-0.1, -0.05) is 17.3 Å². The molecule has 0 saturated heterocycles. The first-order valence-corrected chi connectivity index (χ1v) is 9.07. The molecule has 0 spiro atoms. The van der Waals surface area contributed by atoms with Crippen LogP contribution in [0.5, 0.6) is 28.9 Å². The Bertz CT molecular complexity index is 1000. The number of rotatable bonds is 9. The van der Waals surface area contributed by atoms with Gasteiger partial charge in [-0.2, -0.15) is 9.89 Å². The van der Waals surface area contributed by atoms with Crippen molar-refractivity contribution in [1.82, 2.24) is 9.97 Å². The molecule has 0 radical (unpaired) electrons. The summed E-state index contributed by atoms with van der Waals surface area (Å²) in [7, 11) is 4.63. The predicted octanol–water partition coefficient (Wildman–Crippen LogP) is 4.87. The summed E-state index contributed by atoms with van der Waals surface area (Å²) in [5, 5.41) is 6.18. The van der Waals surface area contributed by atoms with Crippen LogP contribution in [-0.4, -0.2) is 31.3 Å². The van der Waals surface area contributed by atoms with Gasteiger partial charge in [0.25, 0.3) is 0 Å². The van der Waals surface area contributed by atoms with Gasteiger partial charge in [0, 0.05) is 17.8 Å². The number of benzene rings is 2. The molecule has 0 aliphatic rings. The molecule has 3 aromatic rings. The Kier molecular flexibility index (Phi) is 6.63. The summed E-state index contributed by atoms with van der Waals surface area (Å²) in [6.45, 7) is 1.72. The fraction of sp³-hybridized carbons (Fsp3) is 0.238. The third-order valence-corrected chi connectivity index (χ3v) is 4.27. The minimum atomic E-state index is -0.465. The molecule has 30 heavy (non-hydrogen) atoms. The standard InChI is InChI=1S/C21H22N4O5/c1-13(25-26)14-6-5-7-16(8-14)30-20-12-22-11-19(24-20)23-15-9-17(27-2)21(29-4)18(10-15)28-3/h5-13H,1-4H3,(H,23,24). The molecular weight excluding hydrogens is 388 g/mol. The lowest BCUT2D eigenvalue weighted by Crippen LogP contribution is -2.00. The first-order chi connectivity index (χ1) is 14.6. The molecule has 0 bridgehead atoms. The molecule has 1 aromatic heterocycles. The van der Waals surface area contributed by atoms with Gasteiger partial charge in [-0.15, -0.1) is 0 Å². The Morgan fingerprint density at radius 2 is 1.73 bits per heavy atom. The molecule has 9 nitrogen and oxygen atoms in total. The van der Waals surface area contributed by atoms with Gasteiger partial charge in [-0.25, -0.2) is 0 Å². The van der Waals surface area contributed by atoms with Gasteiger partial charge < -0.3 is 24.3 Å². The second-order valence-corrected chi connectivity index (χ2v) is 6.24. The zero-order chi connectivity index (χ0) is 21.5. The fourth-order valence-electron chi connectivity index (χ4n) is 2.78. The Balaban J connectivity index is 1.82. The van der Waals surface area contributed by atoms with Crippen molar-refractivity contribution in [2.75, 3.05) is 26.6 Å². The fourth-order valence-corrected chi connectivity index (χ4v) is 2.78. The van der Waals surface area contributed by atoms with Crippen LogP contribution in [0.2, 0.25) is 0 Å². The maximum absolute atomic E-state index is 10.8. The molecule has 1 heterocycles. The minimum Gasteiger partial charge on any atom is -0.493 e. The Hall–Kier alpha value is -3.88. The molecule has 2 aromatic carbocycles. The third kappa shape index (κ3) is 4.75. The van der Waals surface area contributed by atoms with Crippen molar-refractivity contribution in [2.24, 2.45) is 5.18 Å². The van der Waals surface area contributed by atoms with Crippen LogP contribution in [0, 0.1) is 4.91 Å². The molecule has 156 valence electrons. The average molecular weight is 410 g/mol. The van der Waals surface area contributed by atoms with Crippen LogP contribution in [0.25, 0.3) is 0 Å². The largest absolute Gasteiger partial charge is 0.493 e. The second kappa shape index (κ2) is 9.55. The van der Waals surface area contributed by atoms with Crippen LogP contribution >= 0.6 is 0 Å². The van der Waals surface area contributed by atoms with Gasteiger partial charge in [0.1, 0.15) is 11.8 Å². The van der Waals surface area contributed by atoms with Crippen molar-refractivity contribution < 1.29 is 18.9 Å². The second-order valence-electron chi connectivity index (χ2n) is 6.24. The van der Waals surface area contributed by atoms with Crippen LogP contribution in [0.1, 0.15) is 18.5 Å². The normalized spacial score (nSPS) is 11.3. The summed E-state index contributed by atoms with van der Waals surface area (Å²) >= 11 is 0. The van der Waals surface area contributed by atoms with E-state index in [1.807, 2.05) is 6.07 Å². The van der Waals surface area contributed by atoms with Crippen LogP contribution < -0.4 is 24.3 Å². The quantitative estimate of drug-likeness (QED) is 0.499. The third-order valence-electron chi connectivity index (χ3n) is 4.27. The lowest BCUT2D eigenvalue weighted by molar-refractivity contribution is 0.324. The summed E-state index contributed by atoms with van der Waals surface area (Å²) < 4.78 is 21.9.